The molecule has 1 N–H and O–H groups in total. The fourth-order valence-corrected chi connectivity index (χ4v) is 2.86. The van der Waals surface area contributed by atoms with Crippen molar-refractivity contribution in [1.29, 1.82) is 0 Å². The van der Waals surface area contributed by atoms with Crippen molar-refractivity contribution in [3.05, 3.63) is 22.6 Å². The molecule has 0 aromatic carbocycles. The molecule has 2 fully saturated rings. The number of hydrogen-bond acceptors (Lipinski definition) is 5. The van der Waals surface area contributed by atoms with Gasteiger partial charge < -0.3 is 15.0 Å². The Morgan fingerprint density at radius 1 is 1.30 bits per heavy atom. The summed E-state index contributed by atoms with van der Waals surface area (Å²) in [6.45, 7) is 5.94. The topological polar surface area (TPSA) is 59.4 Å². The third-order valence-electron chi connectivity index (χ3n) is 4.12. The second kappa shape index (κ2) is 6.37. The van der Waals surface area contributed by atoms with E-state index in [1.807, 2.05) is 6.20 Å². The molecule has 0 amide bonds. The molecule has 0 saturated carbocycles. The van der Waals surface area contributed by atoms with E-state index in [0.29, 0.717) is 5.92 Å². The first-order valence-corrected chi connectivity index (χ1v) is 7.43. The molecule has 0 aliphatic carbocycles. The number of aromatic nitrogens is 2. The fourth-order valence-electron chi connectivity index (χ4n) is 2.86. The van der Waals surface area contributed by atoms with Gasteiger partial charge in [-0.05, 0) is 31.8 Å². The molecule has 2 aliphatic rings. The quantitative estimate of drug-likeness (QED) is 0.848. The fraction of sp³-hybridized carbons (Fsp3) is 0.714. The lowest BCUT2D eigenvalue weighted by Gasteiger charge is -2.28. The Labute approximate surface area is 118 Å². The Kier molecular flexibility index (Phi) is 4.32. The van der Waals surface area contributed by atoms with Gasteiger partial charge in [0.15, 0.2) is 0 Å². The number of nitrogens with zero attached hydrogens (tertiary/aromatic N) is 3. The average Bonchev–Trinajstić information content (AvgIpc) is 2.51. The summed E-state index contributed by atoms with van der Waals surface area (Å²) in [6.07, 6.45) is 4.06. The highest BCUT2D eigenvalue weighted by Gasteiger charge is 2.16. The molecular weight excluding hydrogens is 256 g/mol. The summed E-state index contributed by atoms with van der Waals surface area (Å²) in [7, 11) is 0. The molecule has 0 atom stereocenters. The number of rotatable bonds is 3. The van der Waals surface area contributed by atoms with Crippen LogP contribution in [-0.2, 0) is 11.3 Å². The van der Waals surface area contributed by atoms with Crippen LogP contribution in [0.2, 0.25) is 0 Å². The minimum atomic E-state index is 0.00697. The molecule has 6 nitrogen and oxygen atoms in total. The Morgan fingerprint density at radius 2 is 2.05 bits per heavy atom. The van der Waals surface area contributed by atoms with Gasteiger partial charge in [-0.25, -0.2) is 4.68 Å². The van der Waals surface area contributed by atoms with Crippen LogP contribution in [0.3, 0.4) is 0 Å². The van der Waals surface area contributed by atoms with Gasteiger partial charge in [0, 0.05) is 25.7 Å². The Morgan fingerprint density at radius 3 is 2.75 bits per heavy atom. The zero-order valence-corrected chi connectivity index (χ0v) is 11.8. The second-order valence-electron chi connectivity index (χ2n) is 5.53. The maximum atomic E-state index is 12.2. The molecule has 1 aromatic heterocycles. The monoisotopic (exact) mass is 278 g/mol. The van der Waals surface area contributed by atoms with E-state index in [-0.39, 0.29) is 5.56 Å². The number of piperidine rings is 1. The van der Waals surface area contributed by atoms with Crippen LogP contribution in [0.15, 0.2) is 17.1 Å². The second-order valence-corrected chi connectivity index (χ2v) is 5.53. The highest BCUT2D eigenvalue weighted by atomic mass is 16.5. The van der Waals surface area contributed by atoms with E-state index in [2.05, 4.69) is 15.3 Å². The van der Waals surface area contributed by atoms with Crippen LogP contribution in [0.25, 0.3) is 0 Å². The molecule has 3 heterocycles. The van der Waals surface area contributed by atoms with Gasteiger partial charge >= 0.3 is 0 Å². The standard InChI is InChI=1S/C14H22N4O2/c19-14-9-13(17-5-7-20-8-6-17)10-16-18(14)11-12-1-3-15-4-2-12/h9-10,12,15H,1-8,11H2. The Hall–Kier alpha value is -1.40. The first kappa shape index (κ1) is 13.6. The highest BCUT2D eigenvalue weighted by Crippen LogP contribution is 2.14. The first-order valence-electron chi connectivity index (χ1n) is 7.43. The van der Waals surface area contributed by atoms with Crippen LogP contribution in [0, 0.1) is 5.92 Å². The maximum Gasteiger partial charge on any atom is 0.268 e. The van der Waals surface area contributed by atoms with Gasteiger partial charge in [0.05, 0.1) is 25.1 Å². The average molecular weight is 278 g/mol. The van der Waals surface area contributed by atoms with E-state index in [4.69, 9.17) is 4.74 Å². The van der Waals surface area contributed by atoms with E-state index >= 15 is 0 Å². The van der Waals surface area contributed by atoms with Crippen molar-refractivity contribution >= 4 is 5.69 Å². The van der Waals surface area contributed by atoms with Crippen molar-refractivity contribution in [3.63, 3.8) is 0 Å². The van der Waals surface area contributed by atoms with Crippen molar-refractivity contribution in [3.8, 4) is 0 Å². The van der Waals surface area contributed by atoms with Gasteiger partial charge in [-0.3, -0.25) is 4.79 Å². The molecule has 0 bridgehead atoms. The summed E-state index contributed by atoms with van der Waals surface area (Å²) in [5, 5.41) is 7.69. The number of morpholine rings is 1. The van der Waals surface area contributed by atoms with Crippen LogP contribution in [0.5, 0.6) is 0 Å². The molecule has 0 spiro atoms. The van der Waals surface area contributed by atoms with Gasteiger partial charge in [0.25, 0.3) is 5.56 Å². The van der Waals surface area contributed by atoms with Crippen molar-refractivity contribution in [1.82, 2.24) is 15.1 Å². The zero-order chi connectivity index (χ0) is 13.8. The SMILES string of the molecule is O=c1cc(N2CCOCC2)cnn1CC1CCNCC1. The molecule has 6 heteroatoms. The van der Waals surface area contributed by atoms with Gasteiger partial charge in [-0.2, -0.15) is 5.10 Å². The predicted octanol–water partition coefficient (Wildman–Crippen LogP) is 0.0795. The summed E-state index contributed by atoms with van der Waals surface area (Å²) in [5.74, 6) is 0.565. The lowest BCUT2D eigenvalue weighted by Crippen LogP contribution is -2.38. The lowest BCUT2D eigenvalue weighted by molar-refractivity contribution is 0.122. The van der Waals surface area contributed by atoms with E-state index in [0.717, 1.165) is 64.5 Å². The first-order chi connectivity index (χ1) is 9.83. The van der Waals surface area contributed by atoms with E-state index in [1.165, 1.54) is 0 Å². The Balaban J connectivity index is 1.68. The van der Waals surface area contributed by atoms with Crippen molar-refractivity contribution < 1.29 is 4.74 Å². The maximum absolute atomic E-state index is 12.2. The van der Waals surface area contributed by atoms with Crippen molar-refractivity contribution in [2.45, 2.75) is 19.4 Å². The van der Waals surface area contributed by atoms with E-state index in [1.54, 1.807) is 10.7 Å². The van der Waals surface area contributed by atoms with Crippen LogP contribution >= 0.6 is 0 Å². The summed E-state index contributed by atoms with van der Waals surface area (Å²) in [5.41, 5.74) is 0.924. The summed E-state index contributed by atoms with van der Waals surface area (Å²) < 4.78 is 6.94. The van der Waals surface area contributed by atoms with Gasteiger partial charge in [0.2, 0.25) is 0 Å². The number of anilines is 1. The van der Waals surface area contributed by atoms with Crippen LogP contribution in [0.1, 0.15) is 12.8 Å². The normalized spacial score (nSPS) is 21.1. The number of ether oxygens (including phenoxy) is 1. The molecule has 2 saturated heterocycles. The van der Waals surface area contributed by atoms with Gasteiger partial charge in [-0.15, -0.1) is 0 Å². The number of hydrogen-bond donors (Lipinski definition) is 1. The molecule has 3 rings (SSSR count). The van der Waals surface area contributed by atoms with Crippen molar-refractivity contribution in [2.75, 3.05) is 44.3 Å². The van der Waals surface area contributed by atoms with Crippen LogP contribution in [-0.4, -0.2) is 49.2 Å². The smallest absolute Gasteiger partial charge is 0.268 e. The Bertz CT molecular complexity index is 490. The molecular formula is C14H22N4O2. The van der Waals surface area contributed by atoms with Gasteiger partial charge in [-0.1, -0.05) is 0 Å². The number of nitrogens with one attached hydrogen (secondary N) is 1. The summed E-state index contributed by atoms with van der Waals surface area (Å²) >= 11 is 0. The largest absolute Gasteiger partial charge is 0.378 e. The van der Waals surface area contributed by atoms with Crippen LogP contribution in [0.4, 0.5) is 5.69 Å². The minimum Gasteiger partial charge on any atom is -0.378 e. The molecule has 0 unspecified atom stereocenters. The lowest BCUT2D eigenvalue weighted by atomic mass is 9.98. The molecule has 0 radical (unpaired) electrons. The molecule has 1 aromatic rings. The third kappa shape index (κ3) is 3.19. The predicted molar refractivity (Wildman–Crippen MR) is 77.1 cm³/mol. The zero-order valence-electron chi connectivity index (χ0n) is 11.8. The minimum absolute atomic E-state index is 0.00697. The molecule has 110 valence electrons. The summed E-state index contributed by atoms with van der Waals surface area (Å²) in [6, 6.07) is 1.71. The summed E-state index contributed by atoms with van der Waals surface area (Å²) in [4.78, 5) is 14.3. The molecule has 20 heavy (non-hydrogen) atoms. The van der Waals surface area contributed by atoms with Crippen molar-refractivity contribution in [2.24, 2.45) is 5.92 Å². The van der Waals surface area contributed by atoms with E-state index < -0.39 is 0 Å². The van der Waals surface area contributed by atoms with Crippen LogP contribution < -0.4 is 15.8 Å². The third-order valence-corrected chi connectivity index (χ3v) is 4.12. The highest BCUT2D eigenvalue weighted by molar-refractivity contribution is 5.43. The molecule has 2 aliphatic heterocycles. The van der Waals surface area contributed by atoms with E-state index in [9.17, 15) is 4.79 Å². The van der Waals surface area contributed by atoms with Gasteiger partial charge in [0.1, 0.15) is 0 Å².